The van der Waals surface area contributed by atoms with Crippen molar-refractivity contribution in [1.82, 2.24) is 14.9 Å². The second kappa shape index (κ2) is 13.8. The van der Waals surface area contributed by atoms with Gasteiger partial charge in [-0.15, -0.1) is 0 Å². The molecule has 2 heterocycles. The molecule has 2 aromatic carbocycles. The first kappa shape index (κ1) is 15.0. The number of anilines is 2. The van der Waals surface area contributed by atoms with Gasteiger partial charge in [0.15, 0.2) is 5.78 Å². The van der Waals surface area contributed by atoms with Crippen molar-refractivity contribution in [1.29, 1.82) is 5.26 Å². The zero-order valence-electron chi connectivity index (χ0n) is 38.0. The molecule has 0 spiro atoms. The van der Waals surface area contributed by atoms with Crippen molar-refractivity contribution < 1.29 is 36.2 Å². The maximum atomic E-state index is 13.5. The summed E-state index contributed by atoms with van der Waals surface area (Å²) in [5, 5.41) is 11.8. The van der Waals surface area contributed by atoms with Crippen LogP contribution in [0.5, 0.6) is 11.5 Å². The van der Waals surface area contributed by atoms with E-state index in [1.165, 1.54) is 13.8 Å². The van der Waals surface area contributed by atoms with Gasteiger partial charge in [-0.25, -0.2) is 0 Å². The largest absolute Gasteiger partial charge is 0.494 e. The SMILES string of the molecule is [2H]/C(C(=O)Cc1c(OCC)c([2H])c2nc([2H])c(C#N)c(Nc3c([2H])c([2H])c(OCc4nc(C)c([2H])c([2H])c4[2H])c(Cl)c3[2H])c2c1[2H])=C(/[2H])C([2H])([2H])N(C)C([2H])([2H])[2H]. The highest BCUT2D eigenvalue weighted by Gasteiger charge is 2.16. The average molecular weight is 586 g/mol. The molecule has 1 N–H and O–H groups in total. The third kappa shape index (κ3) is 7.82. The number of rotatable bonds is 12. The maximum absolute atomic E-state index is 13.5. The predicted molar refractivity (Wildman–Crippen MR) is 162 cm³/mol. The summed E-state index contributed by atoms with van der Waals surface area (Å²) in [6.07, 6.45) is -1.70. The van der Waals surface area contributed by atoms with Crippen LogP contribution < -0.4 is 14.8 Å². The molecular formula is C32H32ClN5O3. The Morgan fingerprint density at radius 1 is 1.29 bits per heavy atom. The van der Waals surface area contributed by atoms with E-state index < -0.39 is 143 Å². The van der Waals surface area contributed by atoms with Gasteiger partial charge in [0.25, 0.3) is 0 Å². The van der Waals surface area contributed by atoms with Gasteiger partial charge in [0.2, 0.25) is 0 Å². The molecule has 0 aliphatic rings. The smallest absolute Gasteiger partial charge is 0.159 e. The Kier molecular flexibility index (Phi) is 5.02. The number of nitriles is 1. The number of pyridine rings is 2. The molecule has 0 saturated heterocycles. The molecule has 0 unspecified atom stereocenters. The lowest BCUT2D eigenvalue weighted by atomic mass is 10.0. The Hall–Kier alpha value is -4.45. The molecule has 0 fully saturated rings. The molecule has 9 heteroatoms. The summed E-state index contributed by atoms with van der Waals surface area (Å²) in [4.78, 5) is 21.7. The summed E-state index contributed by atoms with van der Waals surface area (Å²) in [5.41, 5.74) is -2.34. The topological polar surface area (TPSA) is 100 Å². The fourth-order valence-electron chi connectivity index (χ4n) is 3.37. The standard InChI is InChI=1S/C32H32ClN5O3/c1-5-40-31-17-29-27(15-22(31)14-26(39)10-7-13-38(3)4)32(23(18-34)19-35-29)37-24-11-12-30(28(33)16-24)41-20-25-9-6-8-21(2)36-25/h6-12,15-17,19H,5,13-14,20H2,1-4H3,(H,35,37)/b10-7+/i3D3,6D,7D,8D,9D,10D,11D,12D,13D2,15D,16D,17D,19D. The number of ketones is 1. The normalized spacial score (nSPS) is 17.9. The van der Waals surface area contributed by atoms with Gasteiger partial charge in [-0.05, 0) is 70.2 Å². The number of allylic oxidation sites excluding steroid dienone is 1. The van der Waals surface area contributed by atoms with Gasteiger partial charge >= 0.3 is 0 Å². The Morgan fingerprint density at radius 3 is 2.93 bits per heavy atom. The van der Waals surface area contributed by atoms with Crippen LogP contribution in [-0.2, 0) is 17.8 Å². The summed E-state index contributed by atoms with van der Waals surface area (Å²) in [6, 6.07) is -5.30. The number of likely N-dealkylation sites (N-methyl/N-ethyl adjacent to an activating group) is 1. The summed E-state index contributed by atoms with van der Waals surface area (Å²) < 4.78 is 143. The van der Waals surface area contributed by atoms with Crippen LogP contribution in [-0.4, -0.2) is 47.8 Å². The minimum absolute atomic E-state index is 0.0855. The molecule has 4 rings (SSSR count). The minimum Gasteiger partial charge on any atom is -0.494 e. The van der Waals surface area contributed by atoms with Crippen LogP contribution >= 0.6 is 11.6 Å². The summed E-state index contributed by atoms with van der Waals surface area (Å²) in [7, 11) is 0.835. The predicted octanol–water partition coefficient (Wildman–Crippen LogP) is 6.41. The lowest BCUT2D eigenvalue weighted by Gasteiger charge is -2.16. The molecule has 0 radical (unpaired) electrons. The molecule has 0 atom stereocenters. The Bertz CT molecular complexity index is 2370. The van der Waals surface area contributed by atoms with E-state index in [4.69, 9.17) is 41.6 Å². The Labute approximate surface area is 267 Å². The van der Waals surface area contributed by atoms with Crippen LogP contribution in [0.3, 0.4) is 0 Å². The number of ether oxygens (including phenoxy) is 2. The van der Waals surface area contributed by atoms with Crippen LogP contribution in [0.4, 0.5) is 11.4 Å². The monoisotopic (exact) mass is 585 g/mol. The highest BCUT2D eigenvalue weighted by atomic mass is 35.5. The third-order valence-corrected chi connectivity index (χ3v) is 5.32. The first-order valence-corrected chi connectivity index (χ1v) is 12.3. The zero-order valence-corrected chi connectivity index (χ0v) is 22.8. The van der Waals surface area contributed by atoms with Crippen LogP contribution in [0.25, 0.3) is 10.9 Å². The second-order valence-corrected chi connectivity index (χ2v) is 8.52. The van der Waals surface area contributed by atoms with Crippen LogP contribution in [0.15, 0.2) is 66.6 Å². The summed E-state index contributed by atoms with van der Waals surface area (Å²) >= 11 is 6.46. The van der Waals surface area contributed by atoms with Gasteiger partial charge in [0, 0.05) is 54.3 Å². The van der Waals surface area contributed by atoms with E-state index in [-0.39, 0.29) is 28.9 Å². The number of aryl methyl sites for hydroxylation is 1. The number of nitrogens with one attached hydrogen (secondary N) is 1. The molecule has 0 aliphatic carbocycles. The van der Waals surface area contributed by atoms with E-state index in [9.17, 15) is 11.4 Å². The van der Waals surface area contributed by atoms with E-state index in [1.54, 1.807) is 6.07 Å². The quantitative estimate of drug-likeness (QED) is 0.190. The highest BCUT2D eigenvalue weighted by Crippen LogP contribution is 2.36. The molecule has 0 aliphatic heterocycles. The van der Waals surface area contributed by atoms with E-state index >= 15 is 0 Å². The summed E-state index contributed by atoms with van der Waals surface area (Å²) in [5.74, 6) is -2.18. The second-order valence-electron chi connectivity index (χ2n) is 8.15. The van der Waals surface area contributed by atoms with Crippen molar-refractivity contribution in [3.8, 4) is 17.6 Å². The van der Waals surface area contributed by atoms with Crippen LogP contribution in [0, 0.1) is 18.3 Å². The van der Waals surface area contributed by atoms with Crippen molar-refractivity contribution in [2.45, 2.75) is 26.9 Å². The van der Waals surface area contributed by atoms with Gasteiger partial charge in [-0.2, -0.15) is 5.26 Å². The lowest BCUT2D eigenvalue weighted by Crippen LogP contribution is -2.11. The van der Waals surface area contributed by atoms with Crippen molar-refractivity contribution in [3.63, 3.8) is 0 Å². The van der Waals surface area contributed by atoms with Crippen molar-refractivity contribution >= 4 is 39.7 Å². The molecule has 41 heavy (non-hydrogen) atoms. The van der Waals surface area contributed by atoms with E-state index in [1.807, 2.05) is 0 Å². The number of nitrogens with zero attached hydrogens (tertiary/aromatic N) is 4. The lowest BCUT2D eigenvalue weighted by molar-refractivity contribution is -0.114. The number of hydrogen-bond donors (Lipinski definition) is 1. The Balaban J connectivity index is 1.91. The average Bonchev–Trinajstić information content (AvgIpc) is 3.15. The molecular weight excluding hydrogens is 538 g/mol. The molecule has 8 nitrogen and oxygen atoms in total. The molecule has 0 saturated carbocycles. The van der Waals surface area contributed by atoms with E-state index in [2.05, 4.69) is 15.3 Å². The van der Waals surface area contributed by atoms with Gasteiger partial charge in [0.05, 0.1) is 49.2 Å². The number of carbonyl (C=O) groups excluding carboxylic acids is 1. The summed E-state index contributed by atoms with van der Waals surface area (Å²) in [6.45, 7) is -3.88. The Morgan fingerprint density at radius 2 is 2.15 bits per heavy atom. The van der Waals surface area contributed by atoms with Crippen LogP contribution in [0.1, 0.15) is 51.4 Å². The van der Waals surface area contributed by atoms with Gasteiger partial charge in [-0.1, -0.05) is 23.7 Å². The molecule has 0 bridgehead atoms. The molecule has 0 amide bonds. The van der Waals surface area contributed by atoms with Gasteiger partial charge in [0.1, 0.15) is 24.2 Å². The number of benzene rings is 2. The fraction of sp³-hybridized carbons (Fsp3) is 0.250. The first-order chi connectivity index (χ1) is 26.3. The number of carbonyl (C=O) groups is 1. The van der Waals surface area contributed by atoms with Crippen LogP contribution in [0.2, 0.25) is 5.02 Å². The maximum Gasteiger partial charge on any atom is 0.159 e. The first-order valence-electron chi connectivity index (χ1n) is 19.9. The highest BCUT2D eigenvalue weighted by molar-refractivity contribution is 6.32. The number of halogens is 1. The van der Waals surface area contributed by atoms with Crippen molar-refractivity contribution in [2.24, 2.45) is 0 Å². The third-order valence-electron chi connectivity index (χ3n) is 5.05. The van der Waals surface area contributed by atoms with Crippen molar-refractivity contribution in [2.75, 3.05) is 32.4 Å². The molecule has 2 aromatic heterocycles. The zero-order chi connectivity index (χ0) is 43.2. The van der Waals surface area contributed by atoms with E-state index in [0.717, 1.165) is 7.05 Å². The minimum atomic E-state index is -3.12. The van der Waals surface area contributed by atoms with Crippen molar-refractivity contribution in [3.05, 3.63) is 94.2 Å². The molecule has 4 aromatic rings. The molecule has 210 valence electrons. The number of fused-ring (bicyclic) bond motifs is 1. The van der Waals surface area contributed by atoms with Gasteiger partial charge in [-0.3, -0.25) is 14.8 Å². The van der Waals surface area contributed by atoms with Gasteiger partial charge < -0.3 is 19.7 Å². The van der Waals surface area contributed by atoms with E-state index in [0.29, 0.717) is 0 Å². The fourth-order valence-corrected chi connectivity index (χ4v) is 3.57. The number of hydrogen-bond acceptors (Lipinski definition) is 8. The number of aromatic nitrogens is 2.